The predicted molar refractivity (Wildman–Crippen MR) is 73.3 cm³/mol. The van der Waals surface area contributed by atoms with Crippen LogP contribution in [0.3, 0.4) is 0 Å². The van der Waals surface area contributed by atoms with E-state index in [0.29, 0.717) is 36.9 Å². The predicted octanol–water partition coefficient (Wildman–Crippen LogP) is 1.93. The number of hydrogen-bond acceptors (Lipinski definition) is 3. The van der Waals surface area contributed by atoms with E-state index < -0.39 is 0 Å². The Balaban J connectivity index is 2.07. The molecule has 0 bridgehead atoms. The van der Waals surface area contributed by atoms with Crippen molar-refractivity contribution in [3.63, 3.8) is 0 Å². The summed E-state index contributed by atoms with van der Waals surface area (Å²) < 4.78 is 5.50. The molecule has 1 N–H and O–H groups in total. The number of benzene rings is 1. The van der Waals surface area contributed by atoms with Crippen LogP contribution in [0.5, 0.6) is 5.75 Å². The summed E-state index contributed by atoms with van der Waals surface area (Å²) in [5, 5.41) is 9.12. The molecular formula is C15H21NO3. The van der Waals surface area contributed by atoms with Crippen LogP contribution >= 0.6 is 0 Å². The lowest BCUT2D eigenvalue weighted by molar-refractivity contribution is 0.0647. The molecule has 1 saturated heterocycles. The lowest BCUT2D eigenvalue weighted by atomic mass is 9.97. The number of hydrogen-bond donors (Lipinski definition) is 1. The van der Waals surface area contributed by atoms with Gasteiger partial charge in [0.2, 0.25) is 0 Å². The van der Waals surface area contributed by atoms with Gasteiger partial charge in [-0.2, -0.15) is 0 Å². The minimum Gasteiger partial charge on any atom is -0.493 e. The maximum Gasteiger partial charge on any atom is 0.257 e. The number of aliphatic hydroxyl groups is 1. The largest absolute Gasteiger partial charge is 0.493 e. The third kappa shape index (κ3) is 3.26. The van der Waals surface area contributed by atoms with E-state index >= 15 is 0 Å². The van der Waals surface area contributed by atoms with Crippen LogP contribution in [0.4, 0.5) is 0 Å². The number of aliphatic hydroxyl groups excluding tert-OH is 1. The van der Waals surface area contributed by atoms with E-state index in [1.54, 1.807) is 0 Å². The molecule has 19 heavy (non-hydrogen) atoms. The van der Waals surface area contributed by atoms with Gasteiger partial charge in [0, 0.05) is 19.7 Å². The Kier molecular flexibility index (Phi) is 4.80. The molecule has 1 aromatic rings. The minimum atomic E-state index is 0.0282. The molecule has 0 aliphatic carbocycles. The molecule has 1 aliphatic rings. The van der Waals surface area contributed by atoms with Gasteiger partial charge in [0.15, 0.2) is 0 Å². The Bertz CT molecular complexity index is 425. The first-order chi connectivity index (χ1) is 9.26. The first-order valence-corrected chi connectivity index (χ1v) is 6.88. The van der Waals surface area contributed by atoms with Gasteiger partial charge in [-0.25, -0.2) is 0 Å². The van der Waals surface area contributed by atoms with E-state index in [0.717, 1.165) is 12.8 Å². The van der Waals surface area contributed by atoms with Crippen molar-refractivity contribution in [3.05, 3.63) is 29.8 Å². The zero-order valence-electron chi connectivity index (χ0n) is 11.3. The highest BCUT2D eigenvalue weighted by atomic mass is 16.5. The van der Waals surface area contributed by atoms with Gasteiger partial charge in [-0.1, -0.05) is 12.1 Å². The van der Waals surface area contributed by atoms with Crippen molar-refractivity contribution in [1.82, 2.24) is 4.90 Å². The monoisotopic (exact) mass is 263 g/mol. The zero-order chi connectivity index (χ0) is 13.7. The molecule has 0 spiro atoms. The van der Waals surface area contributed by atoms with Gasteiger partial charge in [-0.15, -0.1) is 0 Å². The normalized spacial score (nSPS) is 16.4. The van der Waals surface area contributed by atoms with Gasteiger partial charge >= 0.3 is 0 Å². The Labute approximate surface area is 114 Å². The van der Waals surface area contributed by atoms with Gasteiger partial charge in [-0.05, 0) is 37.8 Å². The van der Waals surface area contributed by atoms with Crippen LogP contribution in [0.15, 0.2) is 24.3 Å². The van der Waals surface area contributed by atoms with Crippen LogP contribution in [0, 0.1) is 5.92 Å². The molecule has 4 nitrogen and oxygen atoms in total. The van der Waals surface area contributed by atoms with E-state index in [9.17, 15) is 4.79 Å². The summed E-state index contributed by atoms with van der Waals surface area (Å²) >= 11 is 0. The summed E-state index contributed by atoms with van der Waals surface area (Å²) in [6.07, 6.45) is 1.75. The molecule has 0 atom stereocenters. The smallest absolute Gasteiger partial charge is 0.257 e. The minimum absolute atomic E-state index is 0.0282. The van der Waals surface area contributed by atoms with Crippen molar-refractivity contribution in [2.45, 2.75) is 19.8 Å². The Hall–Kier alpha value is -1.55. The molecule has 0 aromatic heterocycles. The molecule has 0 unspecified atom stereocenters. The summed E-state index contributed by atoms with van der Waals surface area (Å²) in [7, 11) is 0. The fourth-order valence-corrected chi connectivity index (χ4v) is 2.41. The quantitative estimate of drug-likeness (QED) is 0.903. The second-order valence-corrected chi connectivity index (χ2v) is 4.85. The van der Waals surface area contributed by atoms with Crippen LogP contribution in [-0.4, -0.2) is 42.2 Å². The third-order valence-electron chi connectivity index (χ3n) is 3.58. The topological polar surface area (TPSA) is 49.8 Å². The molecule has 104 valence electrons. The van der Waals surface area contributed by atoms with E-state index in [1.165, 1.54) is 0 Å². The van der Waals surface area contributed by atoms with Gasteiger partial charge < -0.3 is 14.7 Å². The van der Waals surface area contributed by atoms with Crippen LogP contribution in [0.2, 0.25) is 0 Å². The summed E-state index contributed by atoms with van der Waals surface area (Å²) in [6.45, 7) is 4.11. The van der Waals surface area contributed by atoms with Crippen molar-refractivity contribution in [1.29, 1.82) is 0 Å². The van der Waals surface area contributed by atoms with Crippen molar-refractivity contribution in [2.75, 3.05) is 26.3 Å². The molecule has 2 rings (SSSR count). The average Bonchev–Trinajstić information content (AvgIpc) is 2.47. The number of carbonyl (C=O) groups excluding carboxylic acids is 1. The number of ether oxygens (including phenoxy) is 1. The lowest BCUT2D eigenvalue weighted by Gasteiger charge is -2.31. The fraction of sp³-hybridized carbons (Fsp3) is 0.533. The molecule has 1 heterocycles. The summed E-state index contributed by atoms with van der Waals surface area (Å²) in [6, 6.07) is 7.37. The van der Waals surface area contributed by atoms with E-state index in [2.05, 4.69) is 0 Å². The third-order valence-corrected chi connectivity index (χ3v) is 3.58. The van der Waals surface area contributed by atoms with Crippen LogP contribution in [0.1, 0.15) is 30.1 Å². The van der Waals surface area contributed by atoms with Gasteiger partial charge in [0.05, 0.1) is 12.2 Å². The maximum atomic E-state index is 12.5. The van der Waals surface area contributed by atoms with Crippen molar-refractivity contribution < 1.29 is 14.6 Å². The Morgan fingerprint density at radius 2 is 2.05 bits per heavy atom. The fourth-order valence-electron chi connectivity index (χ4n) is 2.41. The number of carbonyl (C=O) groups is 1. The number of amides is 1. The highest BCUT2D eigenvalue weighted by Gasteiger charge is 2.24. The second-order valence-electron chi connectivity index (χ2n) is 4.85. The van der Waals surface area contributed by atoms with Gasteiger partial charge in [-0.3, -0.25) is 4.79 Å². The summed E-state index contributed by atoms with van der Waals surface area (Å²) in [5.74, 6) is 1.02. The number of piperidine rings is 1. The van der Waals surface area contributed by atoms with Crippen molar-refractivity contribution in [3.8, 4) is 5.75 Å². The molecule has 1 aliphatic heterocycles. The zero-order valence-corrected chi connectivity index (χ0v) is 11.3. The highest BCUT2D eigenvalue weighted by molar-refractivity contribution is 5.97. The molecular weight excluding hydrogens is 242 g/mol. The molecule has 4 heteroatoms. The SMILES string of the molecule is CCOc1ccccc1C(=O)N1CCC(CO)CC1. The Morgan fingerprint density at radius 3 is 2.68 bits per heavy atom. The van der Waals surface area contributed by atoms with E-state index in [-0.39, 0.29) is 12.5 Å². The number of para-hydroxylation sites is 1. The molecule has 0 radical (unpaired) electrons. The second kappa shape index (κ2) is 6.57. The van der Waals surface area contributed by atoms with Crippen LogP contribution in [-0.2, 0) is 0 Å². The number of nitrogens with zero attached hydrogens (tertiary/aromatic N) is 1. The lowest BCUT2D eigenvalue weighted by Crippen LogP contribution is -2.39. The molecule has 0 saturated carbocycles. The van der Waals surface area contributed by atoms with Crippen molar-refractivity contribution in [2.24, 2.45) is 5.92 Å². The highest BCUT2D eigenvalue weighted by Crippen LogP contribution is 2.23. The standard InChI is InChI=1S/C15H21NO3/c1-2-19-14-6-4-3-5-13(14)15(18)16-9-7-12(11-17)8-10-16/h3-6,12,17H,2,7-11H2,1H3. The summed E-state index contributed by atoms with van der Waals surface area (Å²) in [4.78, 5) is 14.3. The van der Waals surface area contributed by atoms with Gasteiger partial charge in [0.1, 0.15) is 5.75 Å². The maximum absolute atomic E-state index is 12.5. The van der Waals surface area contributed by atoms with Crippen LogP contribution < -0.4 is 4.74 Å². The number of rotatable bonds is 4. The number of likely N-dealkylation sites (tertiary alicyclic amines) is 1. The van der Waals surface area contributed by atoms with Crippen LogP contribution in [0.25, 0.3) is 0 Å². The first kappa shape index (κ1) is 13.9. The Morgan fingerprint density at radius 1 is 1.37 bits per heavy atom. The molecule has 1 amide bonds. The first-order valence-electron chi connectivity index (χ1n) is 6.88. The molecule has 1 aromatic carbocycles. The molecule has 1 fully saturated rings. The summed E-state index contributed by atoms with van der Waals surface area (Å²) in [5.41, 5.74) is 0.631. The van der Waals surface area contributed by atoms with Gasteiger partial charge in [0.25, 0.3) is 5.91 Å². The van der Waals surface area contributed by atoms with E-state index in [1.807, 2.05) is 36.1 Å². The van der Waals surface area contributed by atoms with E-state index in [4.69, 9.17) is 9.84 Å². The van der Waals surface area contributed by atoms with Crippen molar-refractivity contribution >= 4 is 5.91 Å². The average molecular weight is 263 g/mol.